The molecule has 0 amide bonds. The average Bonchev–Trinajstić information content (AvgIpc) is 3.47. The van der Waals surface area contributed by atoms with E-state index in [1.807, 2.05) is 0 Å². The van der Waals surface area contributed by atoms with Crippen LogP contribution in [0.15, 0.2) is 36.5 Å². The first-order valence-corrected chi connectivity index (χ1v) is 9.87. The standard InChI is InChI=1S/C22H34O2/c1-2-3-12-21(14-15-21)16-17-22(18-19-22)13-10-8-6-4-5-7-9-11-20(23)24/h3,10,12-13,16-17H,2,4-9,11,14-15,18-19H2,1H3,(H,23,24). The van der Waals surface area contributed by atoms with Crippen LogP contribution in [0, 0.1) is 10.8 Å². The van der Waals surface area contributed by atoms with E-state index >= 15 is 0 Å². The molecule has 2 nitrogen and oxygen atoms in total. The molecule has 2 heteroatoms. The van der Waals surface area contributed by atoms with Crippen LogP contribution in [-0.2, 0) is 4.79 Å². The van der Waals surface area contributed by atoms with E-state index in [0.29, 0.717) is 17.3 Å². The van der Waals surface area contributed by atoms with Crippen LogP contribution in [0.3, 0.4) is 0 Å². The predicted octanol–water partition coefficient (Wildman–Crippen LogP) is 6.44. The molecule has 2 aliphatic carbocycles. The molecule has 0 aromatic heterocycles. The molecule has 0 aromatic rings. The summed E-state index contributed by atoms with van der Waals surface area (Å²) in [6, 6.07) is 0. The lowest BCUT2D eigenvalue weighted by Crippen LogP contribution is -1.94. The van der Waals surface area contributed by atoms with Gasteiger partial charge in [-0.1, -0.05) is 62.6 Å². The first-order valence-electron chi connectivity index (χ1n) is 9.87. The summed E-state index contributed by atoms with van der Waals surface area (Å²) in [5.74, 6) is -0.668. The van der Waals surface area contributed by atoms with Crippen molar-refractivity contribution < 1.29 is 9.90 Å². The van der Waals surface area contributed by atoms with Crippen molar-refractivity contribution in [1.82, 2.24) is 0 Å². The fourth-order valence-corrected chi connectivity index (χ4v) is 3.14. The number of carbonyl (C=O) groups is 1. The lowest BCUT2D eigenvalue weighted by Gasteiger charge is -2.07. The lowest BCUT2D eigenvalue weighted by atomic mass is 9.98. The van der Waals surface area contributed by atoms with E-state index in [1.165, 1.54) is 44.9 Å². The summed E-state index contributed by atoms with van der Waals surface area (Å²) in [4.78, 5) is 10.4. The topological polar surface area (TPSA) is 37.3 Å². The van der Waals surface area contributed by atoms with Gasteiger partial charge in [-0.25, -0.2) is 0 Å². The van der Waals surface area contributed by atoms with Crippen molar-refractivity contribution in [2.75, 3.05) is 0 Å². The fraction of sp³-hybridized carbons (Fsp3) is 0.682. The minimum atomic E-state index is -0.668. The second kappa shape index (κ2) is 9.25. The Morgan fingerprint density at radius 2 is 1.38 bits per heavy atom. The van der Waals surface area contributed by atoms with E-state index in [2.05, 4.69) is 43.4 Å². The van der Waals surface area contributed by atoms with E-state index in [0.717, 1.165) is 25.7 Å². The van der Waals surface area contributed by atoms with Crippen LogP contribution in [0.2, 0.25) is 0 Å². The minimum absolute atomic E-state index is 0.323. The number of unbranched alkanes of at least 4 members (excludes halogenated alkanes) is 5. The van der Waals surface area contributed by atoms with E-state index in [1.54, 1.807) is 0 Å². The Hall–Kier alpha value is -1.31. The zero-order valence-electron chi connectivity index (χ0n) is 15.3. The third kappa shape index (κ3) is 7.07. The molecule has 0 saturated heterocycles. The van der Waals surface area contributed by atoms with Gasteiger partial charge in [-0.2, -0.15) is 0 Å². The molecule has 2 fully saturated rings. The quantitative estimate of drug-likeness (QED) is 0.311. The largest absolute Gasteiger partial charge is 0.481 e. The van der Waals surface area contributed by atoms with E-state index < -0.39 is 5.97 Å². The van der Waals surface area contributed by atoms with Crippen molar-refractivity contribution in [2.24, 2.45) is 10.8 Å². The van der Waals surface area contributed by atoms with Gasteiger partial charge in [-0.15, -0.1) is 0 Å². The third-order valence-corrected chi connectivity index (χ3v) is 5.30. The van der Waals surface area contributed by atoms with Gasteiger partial charge < -0.3 is 5.11 Å². The van der Waals surface area contributed by atoms with Crippen LogP contribution in [0.25, 0.3) is 0 Å². The monoisotopic (exact) mass is 330 g/mol. The molecule has 0 heterocycles. The zero-order valence-corrected chi connectivity index (χ0v) is 15.3. The van der Waals surface area contributed by atoms with Crippen LogP contribution in [0.4, 0.5) is 0 Å². The summed E-state index contributed by atoms with van der Waals surface area (Å²) in [5.41, 5.74) is 0.770. The molecule has 134 valence electrons. The van der Waals surface area contributed by atoms with Crippen LogP contribution >= 0.6 is 0 Å². The summed E-state index contributed by atoms with van der Waals surface area (Å²) in [6.45, 7) is 2.20. The van der Waals surface area contributed by atoms with Crippen molar-refractivity contribution in [3.8, 4) is 0 Å². The number of hydrogen-bond donors (Lipinski definition) is 1. The Bertz CT molecular complexity index is 476. The van der Waals surface area contributed by atoms with Gasteiger partial charge in [0.25, 0.3) is 0 Å². The molecule has 1 N–H and O–H groups in total. The number of carboxylic acids is 1. The highest BCUT2D eigenvalue weighted by Gasteiger charge is 2.41. The van der Waals surface area contributed by atoms with Crippen LogP contribution in [0.5, 0.6) is 0 Å². The molecule has 0 radical (unpaired) electrons. The Kier molecular flexibility index (Phi) is 7.33. The normalized spacial score (nSPS) is 21.0. The van der Waals surface area contributed by atoms with Gasteiger partial charge in [0.1, 0.15) is 0 Å². The molecule has 2 saturated carbocycles. The maximum atomic E-state index is 10.4. The number of carboxylic acid groups (broad SMARTS) is 1. The summed E-state index contributed by atoms with van der Waals surface area (Å²) < 4.78 is 0. The molecule has 0 atom stereocenters. The molecular formula is C22H34O2. The van der Waals surface area contributed by atoms with E-state index in [-0.39, 0.29) is 0 Å². The van der Waals surface area contributed by atoms with Crippen molar-refractivity contribution in [3.63, 3.8) is 0 Å². The molecule has 0 unspecified atom stereocenters. The Labute approximate surface area is 147 Å². The Morgan fingerprint density at radius 3 is 1.92 bits per heavy atom. The minimum Gasteiger partial charge on any atom is -0.481 e. The van der Waals surface area contributed by atoms with Crippen LogP contribution in [0.1, 0.15) is 84.0 Å². The van der Waals surface area contributed by atoms with Crippen LogP contribution in [-0.4, -0.2) is 11.1 Å². The summed E-state index contributed by atoms with van der Waals surface area (Å²) in [5, 5.41) is 8.59. The molecule has 2 rings (SSSR count). The molecule has 0 aromatic carbocycles. The molecule has 0 spiro atoms. The SMILES string of the molecule is CCC=CC1(C=CC2(C=CCCCCCCCC(=O)O)CC2)CC1. The smallest absolute Gasteiger partial charge is 0.303 e. The number of rotatable bonds is 13. The first kappa shape index (κ1) is 19.0. The zero-order chi connectivity index (χ0) is 17.3. The Balaban J connectivity index is 1.58. The van der Waals surface area contributed by atoms with Gasteiger partial charge in [0.15, 0.2) is 0 Å². The van der Waals surface area contributed by atoms with Gasteiger partial charge in [-0.3, -0.25) is 4.79 Å². The van der Waals surface area contributed by atoms with Crippen molar-refractivity contribution in [3.05, 3.63) is 36.5 Å². The maximum absolute atomic E-state index is 10.4. The van der Waals surface area contributed by atoms with E-state index in [9.17, 15) is 4.79 Å². The number of allylic oxidation sites excluding steroid dienone is 6. The summed E-state index contributed by atoms with van der Waals surface area (Å²) in [7, 11) is 0. The highest BCUT2D eigenvalue weighted by atomic mass is 16.4. The van der Waals surface area contributed by atoms with Crippen molar-refractivity contribution in [2.45, 2.75) is 84.0 Å². The summed E-state index contributed by atoms with van der Waals surface area (Å²) >= 11 is 0. The van der Waals surface area contributed by atoms with Crippen molar-refractivity contribution in [1.29, 1.82) is 0 Å². The van der Waals surface area contributed by atoms with Crippen molar-refractivity contribution >= 4 is 5.97 Å². The first-order chi connectivity index (χ1) is 11.6. The molecule has 2 aliphatic rings. The average molecular weight is 331 g/mol. The molecular weight excluding hydrogens is 296 g/mol. The highest BCUT2D eigenvalue weighted by Crippen LogP contribution is 2.53. The third-order valence-electron chi connectivity index (χ3n) is 5.30. The van der Waals surface area contributed by atoms with Gasteiger partial charge in [-0.05, 0) is 51.4 Å². The molecule has 24 heavy (non-hydrogen) atoms. The van der Waals surface area contributed by atoms with Crippen LogP contribution < -0.4 is 0 Å². The maximum Gasteiger partial charge on any atom is 0.303 e. The lowest BCUT2D eigenvalue weighted by molar-refractivity contribution is -0.137. The Morgan fingerprint density at radius 1 is 0.833 bits per heavy atom. The number of hydrogen-bond acceptors (Lipinski definition) is 1. The van der Waals surface area contributed by atoms with Gasteiger partial charge >= 0.3 is 5.97 Å². The van der Waals surface area contributed by atoms with Gasteiger partial charge in [0.2, 0.25) is 0 Å². The van der Waals surface area contributed by atoms with E-state index in [4.69, 9.17) is 5.11 Å². The van der Waals surface area contributed by atoms with Gasteiger partial charge in [0.05, 0.1) is 0 Å². The fourth-order valence-electron chi connectivity index (χ4n) is 3.14. The predicted molar refractivity (Wildman–Crippen MR) is 101 cm³/mol. The second-order valence-electron chi connectivity index (χ2n) is 7.71. The molecule has 0 bridgehead atoms. The summed E-state index contributed by atoms with van der Waals surface area (Å²) in [6.07, 6.45) is 27.8. The second-order valence-corrected chi connectivity index (χ2v) is 7.71. The molecule has 0 aliphatic heterocycles. The highest BCUT2D eigenvalue weighted by molar-refractivity contribution is 5.66. The van der Waals surface area contributed by atoms with Gasteiger partial charge in [0, 0.05) is 17.3 Å². The number of aliphatic carboxylic acids is 1.